The molecule has 0 spiro atoms. The fourth-order valence-electron chi connectivity index (χ4n) is 3.47. The van der Waals surface area contributed by atoms with Crippen molar-refractivity contribution >= 4 is 11.5 Å². The van der Waals surface area contributed by atoms with Gasteiger partial charge >= 0.3 is 0 Å². The Morgan fingerprint density at radius 2 is 1.65 bits per heavy atom. The second-order valence-electron chi connectivity index (χ2n) is 7.33. The van der Waals surface area contributed by atoms with E-state index in [1.54, 1.807) is 6.92 Å². The number of aryl methyl sites for hydroxylation is 1. The number of benzene rings is 1. The fourth-order valence-corrected chi connectivity index (χ4v) is 3.47. The highest BCUT2D eigenvalue weighted by molar-refractivity contribution is 5.97. The largest absolute Gasteiger partial charge is 0.398 e. The van der Waals surface area contributed by atoms with Gasteiger partial charge in [-0.25, -0.2) is 0 Å². The van der Waals surface area contributed by atoms with Crippen molar-refractivity contribution in [1.29, 1.82) is 0 Å². The molecule has 26 heavy (non-hydrogen) atoms. The van der Waals surface area contributed by atoms with E-state index in [1.807, 2.05) is 46.8 Å². The number of nitrogen functional groups attached to an aromatic ring is 1. The van der Waals surface area contributed by atoms with Gasteiger partial charge in [0.1, 0.15) is 0 Å². The standard InChI is InChI=1S/C24H33NO/c1-10-17(7)18(8)22(14(2)3)24(23(15(4)5)19(9)26)20-12-11-16(6)13-21(20)25/h10-13,24H,2,25H2,1,3-9H3/b17-10-,22-18+. The van der Waals surface area contributed by atoms with Gasteiger partial charge in [0.05, 0.1) is 0 Å². The van der Waals surface area contributed by atoms with Crippen LogP contribution in [0.25, 0.3) is 0 Å². The summed E-state index contributed by atoms with van der Waals surface area (Å²) in [6.07, 6.45) is 2.09. The highest BCUT2D eigenvalue weighted by Gasteiger charge is 2.29. The topological polar surface area (TPSA) is 43.1 Å². The first-order valence-corrected chi connectivity index (χ1v) is 9.07. The Balaban J connectivity index is 4.00. The SMILES string of the molecule is C=C(C)/C(=C(C)\C(C)=C/C)C(C(C(C)=O)=C(C)C)c1ccc(C)cc1N. The van der Waals surface area contributed by atoms with Crippen LogP contribution in [-0.4, -0.2) is 5.78 Å². The van der Waals surface area contributed by atoms with E-state index in [1.165, 1.54) is 5.57 Å². The van der Waals surface area contributed by atoms with E-state index < -0.39 is 0 Å². The smallest absolute Gasteiger partial charge is 0.156 e. The second-order valence-corrected chi connectivity index (χ2v) is 7.33. The van der Waals surface area contributed by atoms with Crippen LogP contribution in [-0.2, 0) is 4.79 Å². The molecule has 0 heterocycles. The average molecular weight is 352 g/mol. The van der Waals surface area contributed by atoms with Gasteiger partial charge in [0.2, 0.25) is 0 Å². The minimum Gasteiger partial charge on any atom is -0.398 e. The molecule has 0 fully saturated rings. The molecule has 0 aromatic heterocycles. The summed E-state index contributed by atoms with van der Waals surface area (Å²) in [6, 6.07) is 6.07. The highest BCUT2D eigenvalue weighted by Crippen LogP contribution is 2.42. The molecular formula is C24H33NO. The number of nitrogens with two attached hydrogens (primary N) is 1. The van der Waals surface area contributed by atoms with Crippen molar-refractivity contribution in [3.05, 3.63) is 75.4 Å². The van der Waals surface area contributed by atoms with Crippen molar-refractivity contribution in [2.75, 3.05) is 5.73 Å². The summed E-state index contributed by atoms with van der Waals surface area (Å²) in [5, 5.41) is 0. The first-order valence-electron chi connectivity index (χ1n) is 9.07. The van der Waals surface area contributed by atoms with Crippen molar-refractivity contribution < 1.29 is 4.79 Å². The Kier molecular flexibility index (Phi) is 7.38. The molecule has 140 valence electrons. The van der Waals surface area contributed by atoms with Crippen molar-refractivity contribution in [3.8, 4) is 0 Å². The third-order valence-electron chi connectivity index (χ3n) is 4.94. The Bertz CT molecular complexity index is 815. The van der Waals surface area contributed by atoms with Gasteiger partial charge < -0.3 is 5.73 Å². The Morgan fingerprint density at radius 1 is 1.08 bits per heavy atom. The molecule has 1 aromatic carbocycles. The molecule has 0 aliphatic carbocycles. The van der Waals surface area contributed by atoms with E-state index in [0.717, 1.165) is 39.0 Å². The molecule has 0 saturated heterocycles. The lowest BCUT2D eigenvalue weighted by molar-refractivity contribution is -0.113. The summed E-state index contributed by atoms with van der Waals surface area (Å²) >= 11 is 0. The number of Topliss-reactive ketones (excluding diaryl/α,β-unsaturated/α-hetero) is 1. The fraction of sp³-hybridized carbons (Fsp3) is 0.375. The van der Waals surface area contributed by atoms with E-state index in [-0.39, 0.29) is 11.7 Å². The molecule has 1 rings (SSSR count). The molecule has 1 aromatic rings. The van der Waals surface area contributed by atoms with Crippen molar-refractivity contribution in [2.24, 2.45) is 0 Å². The van der Waals surface area contributed by atoms with Crippen LogP contribution in [0, 0.1) is 6.92 Å². The maximum absolute atomic E-state index is 12.6. The highest BCUT2D eigenvalue weighted by atomic mass is 16.1. The van der Waals surface area contributed by atoms with Gasteiger partial charge in [-0.15, -0.1) is 0 Å². The van der Waals surface area contributed by atoms with Gasteiger partial charge in [0.25, 0.3) is 0 Å². The molecule has 1 unspecified atom stereocenters. The molecule has 0 saturated carbocycles. The molecule has 2 nitrogen and oxygen atoms in total. The minimum atomic E-state index is -0.217. The number of anilines is 1. The number of rotatable bonds is 6. The first kappa shape index (κ1) is 21.7. The third-order valence-corrected chi connectivity index (χ3v) is 4.94. The van der Waals surface area contributed by atoms with Crippen LogP contribution in [0.3, 0.4) is 0 Å². The molecule has 0 aliphatic rings. The first-order chi connectivity index (χ1) is 12.0. The monoisotopic (exact) mass is 351 g/mol. The van der Waals surface area contributed by atoms with Crippen molar-refractivity contribution in [3.63, 3.8) is 0 Å². The van der Waals surface area contributed by atoms with Crippen LogP contribution < -0.4 is 5.73 Å². The summed E-state index contributed by atoms with van der Waals surface area (Å²) in [5.74, 6) is -0.148. The van der Waals surface area contributed by atoms with Gasteiger partial charge in [-0.3, -0.25) is 4.79 Å². The van der Waals surface area contributed by atoms with Gasteiger partial charge in [-0.2, -0.15) is 0 Å². The second kappa shape index (κ2) is 8.84. The molecule has 2 heteroatoms. The number of hydrogen-bond acceptors (Lipinski definition) is 2. The Morgan fingerprint density at radius 3 is 2.04 bits per heavy atom. The molecule has 1 atom stereocenters. The Labute approximate surface area is 159 Å². The zero-order valence-corrected chi connectivity index (χ0v) is 17.6. The van der Waals surface area contributed by atoms with Crippen LogP contribution in [0.5, 0.6) is 0 Å². The summed E-state index contributed by atoms with van der Waals surface area (Å²) in [4.78, 5) is 12.6. The Hall–Kier alpha value is -2.35. The lowest BCUT2D eigenvalue weighted by Crippen LogP contribution is -2.17. The average Bonchev–Trinajstić information content (AvgIpc) is 2.52. The van der Waals surface area contributed by atoms with Crippen LogP contribution >= 0.6 is 0 Å². The number of allylic oxidation sites excluding steroid dienone is 7. The third kappa shape index (κ3) is 4.63. The summed E-state index contributed by atoms with van der Waals surface area (Å²) < 4.78 is 0. The molecule has 0 bridgehead atoms. The van der Waals surface area contributed by atoms with Crippen LogP contribution in [0.1, 0.15) is 65.5 Å². The predicted octanol–water partition coefficient (Wildman–Crippen LogP) is 6.45. The zero-order chi connectivity index (χ0) is 20.2. The number of ketones is 1. The summed E-state index contributed by atoms with van der Waals surface area (Å²) in [5.41, 5.74) is 15.3. The van der Waals surface area contributed by atoms with E-state index in [4.69, 9.17) is 5.73 Å². The molecule has 0 radical (unpaired) electrons. The van der Waals surface area contributed by atoms with Gasteiger partial charge in [0, 0.05) is 17.2 Å². The van der Waals surface area contributed by atoms with Gasteiger partial charge in [-0.05, 0) is 83.7 Å². The summed E-state index contributed by atoms with van der Waals surface area (Å²) in [7, 11) is 0. The quantitative estimate of drug-likeness (QED) is 0.364. The maximum atomic E-state index is 12.6. The van der Waals surface area contributed by atoms with E-state index in [9.17, 15) is 4.79 Å². The van der Waals surface area contributed by atoms with E-state index in [2.05, 4.69) is 32.6 Å². The number of carbonyl (C=O) groups excluding carboxylic acids is 1. The van der Waals surface area contributed by atoms with Gasteiger partial charge in [0.15, 0.2) is 5.78 Å². The van der Waals surface area contributed by atoms with Crippen LogP contribution in [0.4, 0.5) is 5.69 Å². The number of hydrogen-bond donors (Lipinski definition) is 1. The molecule has 0 aliphatic heterocycles. The summed E-state index contributed by atoms with van der Waals surface area (Å²) in [6.45, 7) is 20.1. The molecule has 2 N–H and O–H groups in total. The lowest BCUT2D eigenvalue weighted by Gasteiger charge is -2.28. The van der Waals surface area contributed by atoms with Crippen LogP contribution in [0.2, 0.25) is 0 Å². The lowest BCUT2D eigenvalue weighted by atomic mass is 9.75. The van der Waals surface area contributed by atoms with Gasteiger partial charge in [-0.1, -0.05) is 41.5 Å². The maximum Gasteiger partial charge on any atom is 0.156 e. The zero-order valence-electron chi connectivity index (χ0n) is 17.6. The van der Waals surface area contributed by atoms with E-state index in [0.29, 0.717) is 5.69 Å². The van der Waals surface area contributed by atoms with E-state index >= 15 is 0 Å². The molecular weight excluding hydrogens is 318 g/mol. The van der Waals surface area contributed by atoms with Crippen LogP contribution in [0.15, 0.2) is 64.3 Å². The number of carbonyl (C=O) groups is 1. The molecule has 0 amide bonds. The van der Waals surface area contributed by atoms with Crippen molar-refractivity contribution in [2.45, 2.75) is 61.3 Å². The normalized spacial score (nSPS) is 13.8. The van der Waals surface area contributed by atoms with Crippen molar-refractivity contribution in [1.82, 2.24) is 0 Å². The minimum absolute atomic E-state index is 0.0691. The predicted molar refractivity (Wildman–Crippen MR) is 114 cm³/mol.